The normalized spacial score (nSPS) is 18.2. The predicted octanol–water partition coefficient (Wildman–Crippen LogP) is 3.53. The summed E-state index contributed by atoms with van der Waals surface area (Å²) in [5.74, 6) is -0.426. The Morgan fingerprint density at radius 1 is 1.30 bits per heavy atom. The van der Waals surface area contributed by atoms with Gasteiger partial charge in [0.25, 0.3) is 0 Å². The quantitative estimate of drug-likeness (QED) is 0.854. The monoisotopic (exact) mass is 338 g/mol. The Hall–Kier alpha value is -1.75. The van der Waals surface area contributed by atoms with E-state index in [1.54, 1.807) is 11.8 Å². The SMILES string of the molecule is CCOC(=O)CNC(=O)N1CCCCC[C@H]1c1ccccc1Cl. The first-order valence-electron chi connectivity index (χ1n) is 8.08. The van der Waals surface area contributed by atoms with Crippen molar-refractivity contribution in [3.05, 3.63) is 34.9 Å². The average molecular weight is 339 g/mol. The van der Waals surface area contributed by atoms with Gasteiger partial charge < -0.3 is 15.0 Å². The zero-order valence-corrected chi connectivity index (χ0v) is 14.1. The number of nitrogens with zero attached hydrogens (tertiary/aromatic N) is 1. The fraction of sp³-hybridized carbons (Fsp3) is 0.529. The topological polar surface area (TPSA) is 58.6 Å². The van der Waals surface area contributed by atoms with Crippen molar-refractivity contribution in [3.8, 4) is 0 Å². The van der Waals surface area contributed by atoms with Crippen LogP contribution in [0.2, 0.25) is 5.02 Å². The standard InChI is InChI=1S/C17H23ClN2O3/c1-2-23-16(21)12-19-17(22)20-11-7-3-4-10-15(20)13-8-5-6-9-14(13)18/h5-6,8-9,15H,2-4,7,10-12H2,1H3,(H,19,22)/t15-/m0/s1. The van der Waals surface area contributed by atoms with Gasteiger partial charge in [0.2, 0.25) is 0 Å². The molecule has 1 fully saturated rings. The minimum atomic E-state index is -0.426. The van der Waals surface area contributed by atoms with Crippen LogP contribution in [0.1, 0.15) is 44.2 Å². The van der Waals surface area contributed by atoms with Crippen molar-refractivity contribution in [2.24, 2.45) is 0 Å². The Labute approximate surface area is 141 Å². The summed E-state index contributed by atoms with van der Waals surface area (Å²) in [6, 6.07) is 7.31. The molecule has 0 aromatic heterocycles. The van der Waals surface area contributed by atoms with Gasteiger partial charge in [0.05, 0.1) is 12.6 Å². The molecular weight excluding hydrogens is 316 g/mol. The molecule has 0 saturated carbocycles. The Morgan fingerprint density at radius 2 is 2.09 bits per heavy atom. The Balaban J connectivity index is 2.10. The molecule has 1 aliphatic rings. The van der Waals surface area contributed by atoms with E-state index < -0.39 is 5.97 Å². The van der Waals surface area contributed by atoms with Gasteiger partial charge in [-0.25, -0.2) is 4.79 Å². The summed E-state index contributed by atoms with van der Waals surface area (Å²) >= 11 is 6.32. The fourth-order valence-corrected chi connectivity index (χ4v) is 3.14. The Kier molecular flexibility index (Phi) is 6.71. The van der Waals surface area contributed by atoms with E-state index in [2.05, 4.69) is 5.32 Å². The molecule has 1 atom stereocenters. The number of esters is 1. The van der Waals surface area contributed by atoms with Crippen LogP contribution in [0.3, 0.4) is 0 Å². The van der Waals surface area contributed by atoms with Gasteiger partial charge in [-0.15, -0.1) is 0 Å². The highest BCUT2D eigenvalue weighted by molar-refractivity contribution is 6.31. The number of nitrogens with one attached hydrogen (secondary N) is 1. The third-order valence-corrected chi connectivity index (χ3v) is 4.31. The van der Waals surface area contributed by atoms with Gasteiger partial charge in [-0.2, -0.15) is 0 Å². The highest BCUT2D eigenvalue weighted by atomic mass is 35.5. The summed E-state index contributed by atoms with van der Waals surface area (Å²) in [5, 5.41) is 3.32. The molecule has 0 radical (unpaired) electrons. The third kappa shape index (κ3) is 4.86. The molecule has 2 rings (SSSR count). The molecule has 1 aromatic rings. The maximum atomic E-state index is 12.5. The molecule has 0 bridgehead atoms. The fourth-order valence-electron chi connectivity index (χ4n) is 2.88. The van der Waals surface area contributed by atoms with Crippen molar-refractivity contribution in [1.29, 1.82) is 0 Å². The number of carbonyl (C=O) groups is 2. The van der Waals surface area contributed by atoms with Crippen LogP contribution in [0.15, 0.2) is 24.3 Å². The van der Waals surface area contributed by atoms with Gasteiger partial charge in [0.15, 0.2) is 0 Å². The summed E-state index contributed by atoms with van der Waals surface area (Å²) in [4.78, 5) is 25.7. The van der Waals surface area contributed by atoms with Gasteiger partial charge in [0.1, 0.15) is 6.54 Å². The molecule has 1 aliphatic heterocycles. The van der Waals surface area contributed by atoms with E-state index in [0.717, 1.165) is 31.2 Å². The van der Waals surface area contributed by atoms with E-state index in [9.17, 15) is 9.59 Å². The van der Waals surface area contributed by atoms with Gasteiger partial charge in [-0.05, 0) is 31.4 Å². The summed E-state index contributed by atoms with van der Waals surface area (Å²) in [5.41, 5.74) is 0.961. The summed E-state index contributed by atoms with van der Waals surface area (Å²) in [6.45, 7) is 2.59. The first kappa shape index (κ1) is 17.6. The number of hydrogen-bond acceptors (Lipinski definition) is 3. The maximum absolute atomic E-state index is 12.5. The largest absolute Gasteiger partial charge is 0.465 e. The lowest BCUT2D eigenvalue weighted by Gasteiger charge is -2.31. The average Bonchev–Trinajstić information content (AvgIpc) is 2.79. The van der Waals surface area contributed by atoms with Crippen molar-refractivity contribution < 1.29 is 14.3 Å². The van der Waals surface area contributed by atoms with Crippen molar-refractivity contribution in [3.63, 3.8) is 0 Å². The Bertz CT molecular complexity index is 550. The number of benzene rings is 1. The molecule has 126 valence electrons. The summed E-state index contributed by atoms with van der Waals surface area (Å²) in [6.07, 6.45) is 3.96. The zero-order chi connectivity index (χ0) is 16.7. The molecule has 1 N–H and O–H groups in total. The van der Waals surface area contributed by atoms with Gasteiger partial charge in [-0.3, -0.25) is 4.79 Å². The molecule has 1 saturated heterocycles. The first-order valence-corrected chi connectivity index (χ1v) is 8.45. The summed E-state index contributed by atoms with van der Waals surface area (Å²) in [7, 11) is 0. The highest BCUT2D eigenvalue weighted by Crippen LogP contribution is 2.34. The number of hydrogen-bond donors (Lipinski definition) is 1. The van der Waals surface area contributed by atoms with E-state index in [1.807, 2.05) is 24.3 Å². The van der Waals surface area contributed by atoms with Gasteiger partial charge in [0, 0.05) is 11.6 Å². The maximum Gasteiger partial charge on any atom is 0.325 e. The third-order valence-electron chi connectivity index (χ3n) is 3.97. The van der Waals surface area contributed by atoms with Crippen LogP contribution >= 0.6 is 11.6 Å². The zero-order valence-electron chi connectivity index (χ0n) is 13.4. The number of carbonyl (C=O) groups excluding carboxylic acids is 2. The minimum absolute atomic E-state index is 0.0617. The highest BCUT2D eigenvalue weighted by Gasteiger charge is 2.28. The number of halogens is 1. The molecule has 6 heteroatoms. The lowest BCUT2D eigenvalue weighted by atomic mass is 10.0. The van der Waals surface area contributed by atoms with Crippen LogP contribution < -0.4 is 5.32 Å². The second-order valence-electron chi connectivity index (χ2n) is 5.54. The Morgan fingerprint density at radius 3 is 2.83 bits per heavy atom. The molecule has 0 spiro atoms. The number of amides is 2. The van der Waals surface area contributed by atoms with E-state index in [0.29, 0.717) is 18.2 Å². The number of urea groups is 1. The van der Waals surface area contributed by atoms with Crippen molar-refractivity contribution in [2.75, 3.05) is 19.7 Å². The van der Waals surface area contributed by atoms with Crippen LogP contribution in [0.4, 0.5) is 4.79 Å². The van der Waals surface area contributed by atoms with Crippen LogP contribution in [-0.4, -0.2) is 36.6 Å². The smallest absolute Gasteiger partial charge is 0.325 e. The summed E-state index contributed by atoms with van der Waals surface area (Å²) < 4.78 is 4.84. The number of likely N-dealkylation sites (tertiary alicyclic amines) is 1. The molecule has 0 aliphatic carbocycles. The molecule has 23 heavy (non-hydrogen) atoms. The minimum Gasteiger partial charge on any atom is -0.465 e. The van der Waals surface area contributed by atoms with Gasteiger partial charge in [-0.1, -0.05) is 42.6 Å². The van der Waals surface area contributed by atoms with Gasteiger partial charge >= 0.3 is 12.0 Å². The van der Waals surface area contributed by atoms with E-state index in [4.69, 9.17) is 16.3 Å². The molecular formula is C17H23ClN2O3. The molecule has 1 heterocycles. The predicted molar refractivity (Wildman–Crippen MR) is 89.4 cm³/mol. The lowest BCUT2D eigenvalue weighted by molar-refractivity contribution is -0.141. The number of rotatable bonds is 4. The molecule has 1 aromatic carbocycles. The van der Waals surface area contributed by atoms with E-state index in [1.165, 1.54) is 0 Å². The lowest BCUT2D eigenvalue weighted by Crippen LogP contribution is -2.44. The van der Waals surface area contributed by atoms with Crippen molar-refractivity contribution >= 4 is 23.6 Å². The first-order chi connectivity index (χ1) is 11.1. The second-order valence-corrected chi connectivity index (χ2v) is 5.95. The van der Waals surface area contributed by atoms with Crippen LogP contribution in [0.5, 0.6) is 0 Å². The van der Waals surface area contributed by atoms with Crippen LogP contribution in [0.25, 0.3) is 0 Å². The second kappa shape index (κ2) is 8.77. The van der Waals surface area contributed by atoms with Crippen molar-refractivity contribution in [2.45, 2.75) is 38.6 Å². The molecule has 0 unspecified atom stereocenters. The van der Waals surface area contributed by atoms with E-state index >= 15 is 0 Å². The van der Waals surface area contributed by atoms with Crippen molar-refractivity contribution in [1.82, 2.24) is 10.2 Å². The molecule has 5 nitrogen and oxygen atoms in total. The molecule has 2 amide bonds. The van der Waals surface area contributed by atoms with Crippen LogP contribution in [0, 0.1) is 0 Å². The number of ether oxygens (including phenoxy) is 1. The van der Waals surface area contributed by atoms with Crippen LogP contribution in [-0.2, 0) is 9.53 Å². The van der Waals surface area contributed by atoms with E-state index in [-0.39, 0.29) is 18.6 Å².